The fraction of sp³-hybridized carbons (Fsp3) is 0.778. The first-order valence-corrected chi connectivity index (χ1v) is 5.13. The molecule has 1 fully saturated rings. The standard InChI is InChI=1S/C9H16N4O/c1-2-13-7-11-9(12-13)10-6-8-4-3-5-14-8/h7-8H,2-6H2,1H3,(H,10,12). The molecule has 1 saturated heterocycles. The number of anilines is 1. The van der Waals surface area contributed by atoms with Crippen LogP contribution in [-0.2, 0) is 11.3 Å². The molecule has 0 saturated carbocycles. The number of ether oxygens (including phenoxy) is 1. The van der Waals surface area contributed by atoms with Gasteiger partial charge in [0.15, 0.2) is 0 Å². The monoisotopic (exact) mass is 196 g/mol. The van der Waals surface area contributed by atoms with E-state index in [0.717, 1.165) is 26.1 Å². The smallest absolute Gasteiger partial charge is 0.242 e. The second-order valence-electron chi connectivity index (χ2n) is 3.44. The number of nitrogens with zero attached hydrogens (tertiary/aromatic N) is 3. The van der Waals surface area contributed by atoms with Crippen molar-refractivity contribution >= 4 is 5.95 Å². The van der Waals surface area contributed by atoms with Crippen LogP contribution < -0.4 is 5.32 Å². The zero-order chi connectivity index (χ0) is 9.80. The maximum Gasteiger partial charge on any atom is 0.242 e. The van der Waals surface area contributed by atoms with Crippen molar-refractivity contribution in [3.63, 3.8) is 0 Å². The van der Waals surface area contributed by atoms with Crippen LogP contribution in [0.2, 0.25) is 0 Å². The minimum atomic E-state index is 0.337. The van der Waals surface area contributed by atoms with Gasteiger partial charge in [0.25, 0.3) is 0 Å². The molecule has 2 rings (SSSR count). The molecule has 1 aliphatic heterocycles. The lowest BCUT2D eigenvalue weighted by atomic mass is 10.2. The normalized spacial score (nSPS) is 21.4. The maximum atomic E-state index is 5.48. The van der Waals surface area contributed by atoms with Crippen molar-refractivity contribution in [2.45, 2.75) is 32.4 Å². The Morgan fingerprint density at radius 1 is 1.71 bits per heavy atom. The summed E-state index contributed by atoms with van der Waals surface area (Å²) >= 11 is 0. The molecule has 1 aliphatic rings. The van der Waals surface area contributed by atoms with Crippen LogP contribution in [0.25, 0.3) is 0 Å². The van der Waals surface area contributed by atoms with E-state index in [-0.39, 0.29) is 0 Å². The summed E-state index contributed by atoms with van der Waals surface area (Å²) in [4.78, 5) is 4.13. The highest BCUT2D eigenvalue weighted by atomic mass is 16.5. The van der Waals surface area contributed by atoms with Gasteiger partial charge in [-0.1, -0.05) is 0 Å². The van der Waals surface area contributed by atoms with Crippen molar-refractivity contribution in [1.82, 2.24) is 14.8 Å². The van der Waals surface area contributed by atoms with Crippen molar-refractivity contribution in [1.29, 1.82) is 0 Å². The molecule has 0 aliphatic carbocycles. The molecule has 1 aromatic heterocycles. The summed E-state index contributed by atoms with van der Waals surface area (Å²) in [6, 6.07) is 0. The number of aryl methyl sites for hydroxylation is 1. The third-order valence-electron chi connectivity index (χ3n) is 2.37. The number of nitrogens with one attached hydrogen (secondary N) is 1. The van der Waals surface area contributed by atoms with Crippen molar-refractivity contribution in [3.8, 4) is 0 Å². The van der Waals surface area contributed by atoms with E-state index in [2.05, 4.69) is 15.4 Å². The van der Waals surface area contributed by atoms with Gasteiger partial charge in [0.1, 0.15) is 6.33 Å². The highest BCUT2D eigenvalue weighted by Gasteiger charge is 2.15. The first-order chi connectivity index (χ1) is 6.88. The minimum Gasteiger partial charge on any atom is -0.376 e. The van der Waals surface area contributed by atoms with Gasteiger partial charge in [-0.05, 0) is 19.8 Å². The average molecular weight is 196 g/mol. The van der Waals surface area contributed by atoms with Gasteiger partial charge >= 0.3 is 0 Å². The van der Waals surface area contributed by atoms with Crippen molar-refractivity contribution < 1.29 is 4.74 Å². The highest BCUT2D eigenvalue weighted by Crippen LogP contribution is 2.11. The Hall–Kier alpha value is -1.10. The van der Waals surface area contributed by atoms with Crippen molar-refractivity contribution in [2.24, 2.45) is 0 Å². The van der Waals surface area contributed by atoms with Gasteiger partial charge in [-0.25, -0.2) is 4.98 Å². The number of hydrogen-bond acceptors (Lipinski definition) is 4. The average Bonchev–Trinajstić information content (AvgIpc) is 2.86. The van der Waals surface area contributed by atoms with Gasteiger partial charge < -0.3 is 10.1 Å². The van der Waals surface area contributed by atoms with E-state index in [1.54, 1.807) is 11.0 Å². The lowest BCUT2D eigenvalue weighted by Crippen LogP contribution is -2.19. The molecule has 0 amide bonds. The second kappa shape index (κ2) is 4.41. The molecule has 0 bridgehead atoms. The Morgan fingerprint density at radius 3 is 3.29 bits per heavy atom. The maximum absolute atomic E-state index is 5.48. The fourth-order valence-electron chi connectivity index (χ4n) is 1.54. The van der Waals surface area contributed by atoms with Crippen LogP contribution in [0, 0.1) is 0 Å². The van der Waals surface area contributed by atoms with Gasteiger partial charge in [-0.15, -0.1) is 5.10 Å². The van der Waals surface area contributed by atoms with Gasteiger partial charge in [-0.3, -0.25) is 4.68 Å². The van der Waals surface area contributed by atoms with E-state index in [1.165, 1.54) is 6.42 Å². The van der Waals surface area contributed by atoms with E-state index in [1.807, 2.05) is 6.92 Å². The molecule has 14 heavy (non-hydrogen) atoms. The summed E-state index contributed by atoms with van der Waals surface area (Å²) in [5.74, 6) is 0.697. The lowest BCUT2D eigenvalue weighted by molar-refractivity contribution is 0.120. The van der Waals surface area contributed by atoms with Crippen LogP contribution in [0.3, 0.4) is 0 Å². The Morgan fingerprint density at radius 2 is 2.64 bits per heavy atom. The molecule has 0 spiro atoms. The molecule has 5 heteroatoms. The van der Waals surface area contributed by atoms with Crippen LogP contribution in [-0.4, -0.2) is 34.0 Å². The number of hydrogen-bond donors (Lipinski definition) is 1. The topological polar surface area (TPSA) is 52.0 Å². The zero-order valence-electron chi connectivity index (χ0n) is 8.44. The quantitative estimate of drug-likeness (QED) is 0.777. The molecule has 1 atom stereocenters. The van der Waals surface area contributed by atoms with Crippen LogP contribution in [0.5, 0.6) is 0 Å². The van der Waals surface area contributed by atoms with Crippen molar-refractivity contribution in [2.75, 3.05) is 18.5 Å². The van der Waals surface area contributed by atoms with Crippen LogP contribution >= 0.6 is 0 Å². The Kier molecular flexibility index (Phi) is 2.98. The molecule has 0 radical (unpaired) electrons. The molecular formula is C9H16N4O. The molecule has 2 heterocycles. The SMILES string of the molecule is CCn1cnc(NCC2CCCO2)n1. The van der Waals surface area contributed by atoms with Gasteiger partial charge in [0.05, 0.1) is 6.10 Å². The first kappa shape index (κ1) is 9.45. The van der Waals surface area contributed by atoms with E-state index < -0.39 is 0 Å². The summed E-state index contributed by atoms with van der Waals surface area (Å²) in [6.45, 7) is 4.60. The van der Waals surface area contributed by atoms with E-state index in [0.29, 0.717) is 12.1 Å². The number of rotatable bonds is 4. The fourth-order valence-corrected chi connectivity index (χ4v) is 1.54. The van der Waals surface area contributed by atoms with E-state index in [4.69, 9.17) is 4.74 Å². The summed E-state index contributed by atoms with van der Waals surface area (Å²) < 4.78 is 7.29. The van der Waals surface area contributed by atoms with Crippen LogP contribution in [0.4, 0.5) is 5.95 Å². The molecule has 0 aromatic carbocycles. The molecule has 1 unspecified atom stereocenters. The highest BCUT2D eigenvalue weighted by molar-refractivity contribution is 5.20. The zero-order valence-corrected chi connectivity index (χ0v) is 8.44. The molecule has 78 valence electrons. The minimum absolute atomic E-state index is 0.337. The van der Waals surface area contributed by atoms with Gasteiger partial charge in [-0.2, -0.15) is 0 Å². The number of aromatic nitrogens is 3. The van der Waals surface area contributed by atoms with Gasteiger partial charge in [0, 0.05) is 19.7 Å². The molecule has 1 N–H and O–H groups in total. The van der Waals surface area contributed by atoms with Gasteiger partial charge in [0.2, 0.25) is 5.95 Å². The summed E-state index contributed by atoms with van der Waals surface area (Å²) in [7, 11) is 0. The Bertz CT molecular complexity index is 280. The van der Waals surface area contributed by atoms with Crippen LogP contribution in [0.1, 0.15) is 19.8 Å². The first-order valence-electron chi connectivity index (χ1n) is 5.13. The molecule has 1 aromatic rings. The summed E-state index contributed by atoms with van der Waals surface area (Å²) in [5, 5.41) is 7.40. The third-order valence-corrected chi connectivity index (χ3v) is 2.37. The predicted molar refractivity (Wildman–Crippen MR) is 53.2 cm³/mol. The Balaban J connectivity index is 1.79. The van der Waals surface area contributed by atoms with Crippen LogP contribution in [0.15, 0.2) is 6.33 Å². The molecule has 5 nitrogen and oxygen atoms in total. The predicted octanol–water partition coefficient (Wildman–Crippen LogP) is 0.889. The second-order valence-corrected chi connectivity index (χ2v) is 3.44. The third kappa shape index (κ3) is 2.23. The molecular weight excluding hydrogens is 180 g/mol. The van der Waals surface area contributed by atoms with Crippen molar-refractivity contribution in [3.05, 3.63) is 6.33 Å². The van der Waals surface area contributed by atoms with E-state index in [9.17, 15) is 0 Å². The Labute approximate surface area is 83.5 Å². The van der Waals surface area contributed by atoms with E-state index >= 15 is 0 Å². The largest absolute Gasteiger partial charge is 0.376 e. The summed E-state index contributed by atoms with van der Waals surface area (Å²) in [5.41, 5.74) is 0. The summed E-state index contributed by atoms with van der Waals surface area (Å²) in [6.07, 6.45) is 4.38. The lowest BCUT2D eigenvalue weighted by Gasteiger charge is -2.08.